The molecule has 1 saturated heterocycles. The predicted octanol–water partition coefficient (Wildman–Crippen LogP) is 4.35. The largest absolute Gasteiger partial charge is 0.347 e. The van der Waals surface area contributed by atoms with E-state index in [1.807, 2.05) is 18.2 Å². The Balaban J connectivity index is 1.28. The molecule has 0 saturated carbocycles. The highest BCUT2D eigenvalue weighted by Gasteiger charge is 2.29. The Kier molecular flexibility index (Phi) is 8.18. The number of carbonyl (C=O) groups is 1. The van der Waals surface area contributed by atoms with Gasteiger partial charge in [-0.2, -0.15) is 4.31 Å². The minimum absolute atomic E-state index is 0.230. The second kappa shape index (κ2) is 11.3. The van der Waals surface area contributed by atoms with E-state index in [1.165, 1.54) is 11.3 Å². The van der Waals surface area contributed by atoms with E-state index in [0.29, 0.717) is 41.0 Å². The summed E-state index contributed by atoms with van der Waals surface area (Å²) in [7, 11) is -3.54. The summed E-state index contributed by atoms with van der Waals surface area (Å²) in [5, 5.41) is 3.39. The van der Waals surface area contributed by atoms with Gasteiger partial charge in [0.2, 0.25) is 0 Å². The van der Waals surface area contributed by atoms with Crippen molar-refractivity contribution in [3.05, 3.63) is 93.8 Å². The Hall–Kier alpha value is -2.49. The molecule has 1 aromatic heterocycles. The van der Waals surface area contributed by atoms with Gasteiger partial charge in [0.05, 0.1) is 6.54 Å². The highest BCUT2D eigenvalue weighted by Crippen LogP contribution is 2.26. The Morgan fingerprint density at radius 2 is 1.68 bits per heavy atom. The average Bonchev–Trinajstić information content (AvgIpc) is 3.34. The number of benzene rings is 2. The lowest BCUT2D eigenvalue weighted by atomic mass is 10.2. The van der Waals surface area contributed by atoms with Crippen molar-refractivity contribution in [1.29, 1.82) is 0 Å². The molecule has 0 aliphatic carbocycles. The van der Waals surface area contributed by atoms with Crippen molar-refractivity contribution < 1.29 is 13.2 Å². The fraction of sp³-hybridized carbons (Fsp3) is 0.240. The summed E-state index contributed by atoms with van der Waals surface area (Å²) >= 11 is 7.05. The van der Waals surface area contributed by atoms with E-state index in [9.17, 15) is 13.2 Å². The number of thiophene rings is 1. The third kappa shape index (κ3) is 6.34. The van der Waals surface area contributed by atoms with Crippen molar-refractivity contribution in [1.82, 2.24) is 14.5 Å². The summed E-state index contributed by atoms with van der Waals surface area (Å²) in [6.07, 6.45) is 4.20. The summed E-state index contributed by atoms with van der Waals surface area (Å²) < 4.78 is 28.1. The number of piperazine rings is 1. The first-order valence-electron chi connectivity index (χ1n) is 11.0. The highest BCUT2D eigenvalue weighted by molar-refractivity contribution is 7.91. The standard InChI is InChI=1S/C25H26ClN3O3S2/c26-22-10-8-21(9-11-22)25(30)27-19-23-12-13-24(33-23)34(31,32)29-17-15-28(16-18-29)14-4-7-20-5-2-1-3-6-20/h1-13H,14-19H2,(H,27,30). The average molecular weight is 516 g/mol. The number of nitrogens with one attached hydrogen (secondary N) is 1. The molecule has 178 valence electrons. The Morgan fingerprint density at radius 3 is 2.38 bits per heavy atom. The lowest BCUT2D eigenvalue weighted by molar-refractivity contribution is 0.0951. The van der Waals surface area contributed by atoms with Crippen LogP contribution in [0.1, 0.15) is 20.8 Å². The number of halogens is 1. The summed E-state index contributed by atoms with van der Waals surface area (Å²) in [5.41, 5.74) is 1.66. The number of rotatable bonds is 8. The first-order chi connectivity index (χ1) is 16.4. The number of amides is 1. The monoisotopic (exact) mass is 515 g/mol. The van der Waals surface area contributed by atoms with Crippen molar-refractivity contribution in [2.75, 3.05) is 32.7 Å². The van der Waals surface area contributed by atoms with Crippen LogP contribution in [0.5, 0.6) is 0 Å². The van der Waals surface area contributed by atoms with Crippen LogP contribution in [0.4, 0.5) is 0 Å². The first-order valence-corrected chi connectivity index (χ1v) is 13.6. The maximum atomic E-state index is 13.1. The zero-order valence-corrected chi connectivity index (χ0v) is 21.0. The van der Waals surface area contributed by atoms with E-state index in [1.54, 1.807) is 40.7 Å². The maximum Gasteiger partial charge on any atom is 0.252 e. The third-order valence-corrected chi connectivity index (χ3v) is 9.27. The van der Waals surface area contributed by atoms with Gasteiger partial charge in [-0.3, -0.25) is 9.69 Å². The molecule has 1 fully saturated rings. The molecule has 0 spiro atoms. The van der Waals surface area contributed by atoms with E-state index in [2.05, 4.69) is 34.5 Å². The van der Waals surface area contributed by atoms with Crippen LogP contribution in [0.15, 0.2) is 77.0 Å². The van der Waals surface area contributed by atoms with Gasteiger partial charge in [0.1, 0.15) is 4.21 Å². The summed E-state index contributed by atoms with van der Waals surface area (Å²) in [6.45, 7) is 3.36. The van der Waals surface area contributed by atoms with Crippen LogP contribution >= 0.6 is 22.9 Å². The molecule has 1 aliphatic heterocycles. The van der Waals surface area contributed by atoms with Crippen molar-refractivity contribution in [2.24, 2.45) is 0 Å². The second-order valence-electron chi connectivity index (χ2n) is 7.93. The molecule has 1 N–H and O–H groups in total. The van der Waals surface area contributed by atoms with Crippen molar-refractivity contribution >= 4 is 44.9 Å². The van der Waals surface area contributed by atoms with Crippen LogP contribution in [-0.2, 0) is 16.6 Å². The molecular weight excluding hydrogens is 490 g/mol. The fourth-order valence-corrected chi connectivity index (χ4v) is 6.64. The van der Waals surface area contributed by atoms with Crippen molar-refractivity contribution in [3.63, 3.8) is 0 Å². The topological polar surface area (TPSA) is 69.7 Å². The summed E-state index contributed by atoms with van der Waals surface area (Å²) in [5.74, 6) is -0.230. The van der Waals surface area contributed by atoms with Crippen molar-refractivity contribution in [3.8, 4) is 0 Å². The van der Waals surface area contributed by atoms with E-state index >= 15 is 0 Å². The van der Waals surface area contributed by atoms with Gasteiger partial charge in [0, 0.05) is 48.2 Å². The Morgan fingerprint density at radius 1 is 0.971 bits per heavy atom. The summed E-state index contributed by atoms with van der Waals surface area (Å²) in [6, 6.07) is 20.1. The smallest absolute Gasteiger partial charge is 0.252 e. The van der Waals surface area contributed by atoms with Gasteiger partial charge in [0.15, 0.2) is 0 Å². The minimum atomic E-state index is -3.54. The molecule has 0 atom stereocenters. The van der Waals surface area contributed by atoms with Gasteiger partial charge in [0.25, 0.3) is 15.9 Å². The Bertz CT molecular complexity index is 1230. The Labute approximate surface area is 209 Å². The molecule has 1 amide bonds. The molecule has 6 nitrogen and oxygen atoms in total. The fourth-order valence-electron chi connectivity index (χ4n) is 3.64. The van der Waals surface area contributed by atoms with Crippen molar-refractivity contribution in [2.45, 2.75) is 10.8 Å². The van der Waals surface area contributed by atoms with Gasteiger partial charge in [-0.25, -0.2) is 8.42 Å². The zero-order chi connectivity index (χ0) is 24.0. The normalized spacial score (nSPS) is 15.6. The SMILES string of the molecule is O=C(NCc1ccc(S(=O)(=O)N2CCN(CC=Cc3ccccc3)CC2)s1)c1ccc(Cl)cc1. The van der Waals surface area contributed by atoms with Crippen LogP contribution in [0.3, 0.4) is 0 Å². The minimum Gasteiger partial charge on any atom is -0.347 e. The first kappa shape index (κ1) is 24.6. The van der Waals surface area contributed by atoms with Crippen LogP contribution < -0.4 is 5.32 Å². The number of sulfonamides is 1. The molecule has 0 radical (unpaired) electrons. The van der Waals surface area contributed by atoms with Gasteiger partial charge in [-0.15, -0.1) is 11.3 Å². The van der Waals surface area contributed by atoms with E-state index < -0.39 is 10.0 Å². The van der Waals surface area contributed by atoms with Crippen LogP contribution in [0.25, 0.3) is 6.08 Å². The van der Waals surface area contributed by atoms with Gasteiger partial charge >= 0.3 is 0 Å². The van der Waals surface area contributed by atoms with Gasteiger partial charge in [-0.1, -0.05) is 54.1 Å². The number of hydrogen-bond acceptors (Lipinski definition) is 5. The molecule has 2 aromatic carbocycles. The lowest BCUT2D eigenvalue weighted by Crippen LogP contribution is -2.48. The van der Waals surface area contributed by atoms with Crippen LogP contribution in [0.2, 0.25) is 5.02 Å². The second-order valence-corrected chi connectivity index (χ2v) is 11.7. The molecule has 0 unspecified atom stereocenters. The molecular formula is C25H26ClN3O3S2. The molecule has 1 aliphatic rings. The van der Waals surface area contributed by atoms with E-state index in [0.717, 1.165) is 17.0 Å². The number of carbonyl (C=O) groups excluding carboxylic acids is 1. The highest BCUT2D eigenvalue weighted by atomic mass is 35.5. The molecule has 0 bridgehead atoms. The van der Waals surface area contributed by atoms with E-state index in [-0.39, 0.29) is 12.5 Å². The molecule has 4 rings (SSSR count). The van der Waals surface area contributed by atoms with Crippen LogP contribution in [-0.4, -0.2) is 56.3 Å². The molecule has 34 heavy (non-hydrogen) atoms. The number of hydrogen-bond donors (Lipinski definition) is 1. The molecule has 2 heterocycles. The van der Waals surface area contributed by atoms with Crippen LogP contribution in [0, 0.1) is 0 Å². The van der Waals surface area contributed by atoms with E-state index in [4.69, 9.17) is 11.6 Å². The third-order valence-electron chi connectivity index (χ3n) is 5.57. The van der Waals surface area contributed by atoms with Gasteiger partial charge in [-0.05, 0) is 42.0 Å². The predicted molar refractivity (Wildman–Crippen MR) is 138 cm³/mol. The quantitative estimate of drug-likeness (QED) is 0.484. The molecule has 9 heteroatoms. The zero-order valence-electron chi connectivity index (χ0n) is 18.6. The van der Waals surface area contributed by atoms with Gasteiger partial charge < -0.3 is 5.32 Å². The maximum absolute atomic E-state index is 13.1. The molecule has 3 aromatic rings. The summed E-state index contributed by atoms with van der Waals surface area (Å²) in [4.78, 5) is 15.3. The number of nitrogens with zero attached hydrogens (tertiary/aromatic N) is 2. The lowest BCUT2D eigenvalue weighted by Gasteiger charge is -2.33.